The van der Waals surface area contributed by atoms with Crippen molar-refractivity contribution in [2.75, 3.05) is 11.9 Å². The number of carbonyl (C=O) groups is 1. The molecule has 108 valence electrons. The summed E-state index contributed by atoms with van der Waals surface area (Å²) >= 11 is 0. The van der Waals surface area contributed by atoms with Crippen molar-refractivity contribution in [1.82, 2.24) is 0 Å². The monoisotopic (exact) mass is 281 g/mol. The van der Waals surface area contributed by atoms with Crippen molar-refractivity contribution in [2.45, 2.75) is 25.4 Å². The number of benzene rings is 2. The zero-order chi connectivity index (χ0) is 14.7. The first-order chi connectivity index (χ1) is 10.2. The largest absolute Gasteiger partial charge is 0.458 e. The van der Waals surface area contributed by atoms with Gasteiger partial charge in [0, 0.05) is 18.2 Å². The molecular weight excluding hydrogens is 262 g/mol. The van der Waals surface area contributed by atoms with Crippen LogP contribution in [-0.2, 0) is 9.53 Å². The van der Waals surface area contributed by atoms with Gasteiger partial charge in [-0.2, -0.15) is 0 Å². The van der Waals surface area contributed by atoms with Gasteiger partial charge in [-0.3, -0.25) is 4.79 Å². The minimum atomic E-state index is -0.205. The van der Waals surface area contributed by atoms with E-state index in [2.05, 4.69) is 11.4 Å². The van der Waals surface area contributed by atoms with Crippen molar-refractivity contribution in [3.05, 3.63) is 65.7 Å². The summed E-state index contributed by atoms with van der Waals surface area (Å²) in [6, 6.07) is 18.0. The van der Waals surface area contributed by atoms with Crippen LogP contribution in [0.2, 0.25) is 0 Å². The standard InChI is InChI=1S/C18H19NO2/c1-13(14-7-3-2-4-8-14)21-18(20)11-15-12-19-17-10-6-5-9-16(15)17/h2-10,13,15,19H,11-12H2,1H3. The van der Waals surface area contributed by atoms with Gasteiger partial charge in [0.2, 0.25) is 0 Å². The summed E-state index contributed by atoms with van der Waals surface area (Å²) in [6.45, 7) is 2.71. The van der Waals surface area contributed by atoms with Crippen LogP contribution >= 0.6 is 0 Å². The fourth-order valence-electron chi connectivity index (χ4n) is 2.78. The fourth-order valence-corrected chi connectivity index (χ4v) is 2.78. The van der Waals surface area contributed by atoms with Crippen molar-refractivity contribution in [3.8, 4) is 0 Å². The van der Waals surface area contributed by atoms with Gasteiger partial charge in [-0.15, -0.1) is 0 Å². The van der Waals surface area contributed by atoms with Crippen molar-refractivity contribution < 1.29 is 9.53 Å². The van der Waals surface area contributed by atoms with Crippen LogP contribution in [0.5, 0.6) is 0 Å². The molecule has 0 saturated heterocycles. The molecule has 0 spiro atoms. The second kappa shape index (κ2) is 6.00. The van der Waals surface area contributed by atoms with Gasteiger partial charge in [-0.1, -0.05) is 48.5 Å². The lowest BCUT2D eigenvalue weighted by Crippen LogP contribution is -2.14. The van der Waals surface area contributed by atoms with Crippen molar-refractivity contribution in [3.63, 3.8) is 0 Å². The van der Waals surface area contributed by atoms with E-state index in [0.717, 1.165) is 17.8 Å². The second-order valence-electron chi connectivity index (χ2n) is 5.41. The summed E-state index contributed by atoms with van der Waals surface area (Å²) in [5.41, 5.74) is 3.36. The van der Waals surface area contributed by atoms with Gasteiger partial charge in [0.1, 0.15) is 6.10 Å². The predicted molar refractivity (Wildman–Crippen MR) is 83.2 cm³/mol. The van der Waals surface area contributed by atoms with Crippen LogP contribution in [0.4, 0.5) is 5.69 Å². The highest BCUT2D eigenvalue weighted by Crippen LogP contribution is 2.33. The molecule has 0 saturated carbocycles. The van der Waals surface area contributed by atoms with Gasteiger partial charge in [-0.05, 0) is 24.1 Å². The Balaban J connectivity index is 1.61. The van der Waals surface area contributed by atoms with Gasteiger partial charge in [0.05, 0.1) is 6.42 Å². The van der Waals surface area contributed by atoms with Crippen LogP contribution in [0.1, 0.15) is 36.5 Å². The van der Waals surface area contributed by atoms with Gasteiger partial charge in [0.15, 0.2) is 0 Å². The topological polar surface area (TPSA) is 38.3 Å². The first kappa shape index (κ1) is 13.7. The molecule has 0 aliphatic carbocycles. The molecule has 0 bridgehead atoms. The number of hydrogen-bond donors (Lipinski definition) is 1. The summed E-state index contributed by atoms with van der Waals surface area (Å²) in [7, 11) is 0. The highest BCUT2D eigenvalue weighted by atomic mass is 16.5. The maximum atomic E-state index is 12.1. The smallest absolute Gasteiger partial charge is 0.307 e. The molecule has 1 aliphatic rings. The summed E-state index contributed by atoms with van der Waals surface area (Å²) in [5.74, 6) is 0.0616. The minimum Gasteiger partial charge on any atom is -0.458 e. The van der Waals surface area contributed by atoms with E-state index >= 15 is 0 Å². The van der Waals surface area contributed by atoms with Gasteiger partial charge < -0.3 is 10.1 Å². The van der Waals surface area contributed by atoms with Crippen LogP contribution < -0.4 is 5.32 Å². The molecule has 2 aromatic carbocycles. The zero-order valence-electron chi connectivity index (χ0n) is 12.1. The normalized spacial score (nSPS) is 17.7. The van der Waals surface area contributed by atoms with E-state index in [1.807, 2.05) is 55.5 Å². The zero-order valence-corrected chi connectivity index (χ0v) is 12.1. The third-order valence-corrected chi connectivity index (χ3v) is 3.93. The van der Waals surface area contributed by atoms with Crippen LogP contribution in [-0.4, -0.2) is 12.5 Å². The number of fused-ring (bicyclic) bond motifs is 1. The van der Waals surface area contributed by atoms with Crippen molar-refractivity contribution >= 4 is 11.7 Å². The third kappa shape index (κ3) is 3.07. The Labute approximate surface area is 124 Å². The molecule has 1 heterocycles. The quantitative estimate of drug-likeness (QED) is 0.864. The molecule has 21 heavy (non-hydrogen) atoms. The van der Waals surface area contributed by atoms with E-state index in [9.17, 15) is 4.79 Å². The number of esters is 1. The Morgan fingerprint density at radius 1 is 1.19 bits per heavy atom. The minimum absolute atomic E-state index is 0.144. The molecule has 0 fully saturated rings. The van der Waals surface area contributed by atoms with E-state index < -0.39 is 0 Å². The Morgan fingerprint density at radius 3 is 2.71 bits per heavy atom. The highest BCUT2D eigenvalue weighted by Gasteiger charge is 2.25. The van der Waals surface area contributed by atoms with E-state index in [1.165, 1.54) is 5.56 Å². The number of nitrogens with one attached hydrogen (secondary N) is 1. The number of ether oxygens (including phenoxy) is 1. The number of anilines is 1. The van der Waals surface area contributed by atoms with Gasteiger partial charge in [-0.25, -0.2) is 0 Å². The van der Waals surface area contributed by atoms with E-state index in [1.54, 1.807) is 0 Å². The molecule has 3 heteroatoms. The highest BCUT2D eigenvalue weighted by molar-refractivity contribution is 5.73. The number of carbonyl (C=O) groups excluding carboxylic acids is 1. The summed E-state index contributed by atoms with van der Waals surface area (Å²) in [5, 5.41) is 3.33. The maximum Gasteiger partial charge on any atom is 0.307 e. The van der Waals surface area contributed by atoms with Crippen LogP contribution in [0.25, 0.3) is 0 Å². The SMILES string of the molecule is CC(OC(=O)CC1CNc2ccccc21)c1ccccc1. The molecule has 2 atom stereocenters. The molecule has 2 unspecified atom stereocenters. The lowest BCUT2D eigenvalue weighted by molar-refractivity contribution is -0.149. The van der Waals surface area contributed by atoms with E-state index in [-0.39, 0.29) is 18.0 Å². The van der Waals surface area contributed by atoms with Crippen molar-refractivity contribution in [1.29, 1.82) is 0 Å². The Hall–Kier alpha value is -2.29. The lowest BCUT2D eigenvalue weighted by atomic mass is 9.98. The number of hydrogen-bond acceptors (Lipinski definition) is 3. The van der Waals surface area contributed by atoms with Gasteiger partial charge in [0.25, 0.3) is 0 Å². The Bertz CT molecular complexity index is 624. The molecule has 3 nitrogen and oxygen atoms in total. The summed E-state index contributed by atoms with van der Waals surface area (Å²) < 4.78 is 5.55. The molecule has 0 aromatic heterocycles. The Morgan fingerprint density at radius 2 is 1.90 bits per heavy atom. The number of para-hydroxylation sites is 1. The van der Waals surface area contributed by atoms with Gasteiger partial charge >= 0.3 is 5.97 Å². The lowest BCUT2D eigenvalue weighted by Gasteiger charge is -2.15. The molecule has 3 rings (SSSR count). The molecule has 2 aromatic rings. The number of rotatable bonds is 4. The average molecular weight is 281 g/mol. The maximum absolute atomic E-state index is 12.1. The fraction of sp³-hybridized carbons (Fsp3) is 0.278. The van der Waals surface area contributed by atoms with Crippen molar-refractivity contribution in [2.24, 2.45) is 0 Å². The van der Waals surface area contributed by atoms with Crippen LogP contribution in [0.3, 0.4) is 0 Å². The van der Waals surface area contributed by atoms with Crippen LogP contribution in [0.15, 0.2) is 54.6 Å². The van der Waals surface area contributed by atoms with Crippen LogP contribution in [0, 0.1) is 0 Å². The second-order valence-corrected chi connectivity index (χ2v) is 5.41. The predicted octanol–water partition coefficient (Wildman–Crippen LogP) is 3.89. The molecule has 0 radical (unpaired) electrons. The molecule has 1 aliphatic heterocycles. The molecule has 0 amide bonds. The van der Waals surface area contributed by atoms with E-state index in [0.29, 0.717) is 6.42 Å². The molecular formula is C18H19NO2. The summed E-state index contributed by atoms with van der Waals surface area (Å²) in [4.78, 5) is 12.1. The van der Waals surface area contributed by atoms with E-state index in [4.69, 9.17) is 4.74 Å². The molecule has 1 N–H and O–H groups in total. The Kier molecular flexibility index (Phi) is 3.91. The first-order valence-corrected chi connectivity index (χ1v) is 7.31. The summed E-state index contributed by atoms with van der Waals surface area (Å²) in [6.07, 6.45) is 0.213. The average Bonchev–Trinajstić information content (AvgIpc) is 2.91. The first-order valence-electron chi connectivity index (χ1n) is 7.31. The third-order valence-electron chi connectivity index (χ3n) is 3.93.